The number of hydrogen-bond donors (Lipinski definition) is 1. The summed E-state index contributed by atoms with van der Waals surface area (Å²) in [5.41, 5.74) is 0. The second kappa shape index (κ2) is 8.71. The van der Waals surface area contributed by atoms with Crippen LogP contribution in [0.15, 0.2) is 43.0 Å². The number of nitrogens with one attached hydrogen (secondary N) is 1. The zero-order chi connectivity index (χ0) is 15.6. The Labute approximate surface area is 130 Å². The van der Waals surface area contributed by atoms with Crippen molar-refractivity contribution < 1.29 is 14.3 Å². The number of benzene rings is 1. The molecule has 0 radical (unpaired) electrons. The summed E-state index contributed by atoms with van der Waals surface area (Å²) in [7, 11) is 0. The number of hydrogen-bond acceptors (Lipinski definition) is 4. The van der Waals surface area contributed by atoms with E-state index in [9.17, 15) is 4.79 Å². The van der Waals surface area contributed by atoms with Gasteiger partial charge in [0.05, 0.1) is 12.9 Å². The maximum Gasteiger partial charge on any atom is 0.257 e. The van der Waals surface area contributed by atoms with Gasteiger partial charge in [-0.05, 0) is 37.6 Å². The Morgan fingerprint density at radius 3 is 2.59 bits per heavy atom. The Morgan fingerprint density at radius 1 is 1.23 bits per heavy atom. The first-order valence-corrected chi connectivity index (χ1v) is 7.36. The van der Waals surface area contributed by atoms with Crippen molar-refractivity contribution in [3.05, 3.63) is 43.0 Å². The highest BCUT2D eigenvalue weighted by molar-refractivity contribution is 5.77. The van der Waals surface area contributed by atoms with Crippen LogP contribution >= 0.6 is 0 Å². The molecule has 6 nitrogen and oxygen atoms in total. The third-order valence-corrected chi connectivity index (χ3v) is 2.98. The highest BCUT2D eigenvalue weighted by Crippen LogP contribution is 2.17. The summed E-state index contributed by atoms with van der Waals surface area (Å²) in [5, 5.41) is 2.82. The zero-order valence-electron chi connectivity index (χ0n) is 12.7. The van der Waals surface area contributed by atoms with Gasteiger partial charge in [-0.2, -0.15) is 0 Å². The van der Waals surface area contributed by atoms with Crippen LogP contribution in [0.2, 0.25) is 0 Å². The number of amides is 1. The van der Waals surface area contributed by atoms with Gasteiger partial charge in [0, 0.05) is 25.5 Å². The molecule has 0 aliphatic rings. The molecule has 0 atom stereocenters. The Bertz CT molecular complexity index is 553. The molecule has 1 N–H and O–H groups in total. The van der Waals surface area contributed by atoms with Crippen LogP contribution in [0.5, 0.6) is 11.5 Å². The van der Waals surface area contributed by atoms with E-state index < -0.39 is 0 Å². The molecule has 1 aromatic heterocycles. The maximum absolute atomic E-state index is 11.7. The number of carbonyl (C=O) groups excluding carboxylic acids is 1. The second-order valence-electron chi connectivity index (χ2n) is 4.70. The van der Waals surface area contributed by atoms with Crippen LogP contribution in [0.25, 0.3) is 0 Å². The monoisotopic (exact) mass is 303 g/mol. The molecule has 0 aliphatic heterocycles. The molecule has 0 saturated heterocycles. The lowest BCUT2D eigenvalue weighted by Gasteiger charge is -2.08. The van der Waals surface area contributed by atoms with E-state index in [-0.39, 0.29) is 12.5 Å². The number of aromatic nitrogens is 2. The number of aryl methyl sites for hydroxylation is 1. The SMILES string of the molecule is CCOc1ccc(OCC(=O)NCCCn2ccnc2)cc1. The highest BCUT2D eigenvalue weighted by atomic mass is 16.5. The average Bonchev–Trinajstić information content (AvgIpc) is 3.04. The van der Waals surface area contributed by atoms with Crippen LogP contribution in [-0.2, 0) is 11.3 Å². The summed E-state index contributed by atoms with van der Waals surface area (Å²) in [4.78, 5) is 15.6. The molecule has 0 bridgehead atoms. The molecule has 0 fully saturated rings. The lowest BCUT2D eigenvalue weighted by atomic mass is 10.3. The van der Waals surface area contributed by atoms with E-state index in [1.54, 1.807) is 24.7 Å². The maximum atomic E-state index is 11.7. The minimum atomic E-state index is -0.125. The van der Waals surface area contributed by atoms with E-state index >= 15 is 0 Å². The molecule has 118 valence electrons. The van der Waals surface area contributed by atoms with Crippen molar-refractivity contribution in [3.8, 4) is 11.5 Å². The Kier molecular flexibility index (Phi) is 6.29. The van der Waals surface area contributed by atoms with Crippen LogP contribution in [0.4, 0.5) is 0 Å². The standard InChI is InChI=1S/C16H21N3O3/c1-2-21-14-4-6-15(7-5-14)22-12-16(20)18-8-3-10-19-11-9-17-13-19/h4-7,9,11,13H,2-3,8,10,12H2,1H3,(H,18,20). The third kappa shape index (κ3) is 5.47. The van der Waals surface area contributed by atoms with Gasteiger partial charge in [0.15, 0.2) is 6.61 Å². The first-order valence-electron chi connectivity index (χ1n) is 7.36. The number of imidazole rings is 1. The van der Waals surface area contributed by atoms with Gasteiger partial charge in [-0.15, -0.1) is 0 Å². The van der Waals surface area contributed by atoms with Gasteiger partial charge in [0.2, 0.25) is 0 Å². The fourth-order valence-electron chi connectivity index (χ4n) is 1.91. The second-order valence-corrected chi connectivity index (χ2v) is 4.70. The van der Waals surface area contributed by atoms with Gasteiger partial charge in [0.25, 0.3) is 5.91 Å². The summed E-state index contributed by atoms with van der Waals surface area (Å²) < 4.78 is 12.7. The Balaban J connectivity index is 1.60. The first-order chi connectivity index (χ1) is 10.8. The predicted octanol–water partition coefficient (Wildman–Crippen LogP) is 1.87. The fourth-order valence-corrected chi connectivity index (χ4v) is 1.91. The molecule has 0 aliphatic carbocycles. The van der Waals surface area contributed by atoms with Crippen molar-refractivity contribution in [1.29, 1.82) is 0 Å². The normalized spacial score (nSPS) is 10.2. The van der Waals surface area contributed by atoms with Gasteiger partial charge in [0.1, 0.15) is 11.5 Å². The minimum absolute atomic E-state index is 0.0130. The van der Waals surface area contributed by atoms with Crippen molar-refractivity contribution in [2.45, 2.75) is 19.9 Å². The summed E-state index contributed by atoms with van der Waals surface area (Å²) in [5.74, 6) is 1.32. The van der Waals surface area contributed by atoms with E-state index in [1.165, 1.54) is 0 Å². The molecule has 1 heterocycles. The van der Waals surface area contributed by atoms with Crippen molar-refractivity contribution in [2.24, 2.45) is 0 Å². The number of nitrogens with zero attached hydrogens (tertiary/aromatic N) is 2. The summed E-state index contributed by atoms with van der Waals surface area (Å²) in [6.45, 7) is 4.02. The van der Waals surface area contributed by atoms with E-state index in [0.717, 1.165) is 18.7 Å². The molecule has 6 heteroatoms. The molecule has 1 aromatic carbocycles. The van der Waals surface area contributed by atoms with E-state index in [0.29, 0.717) is 18.9 Å². The van der Waals surface area contributed by atoms with E-state index in [2.05, 4.69) is 10.3 Å². The lowest BCUT2D eigenvalue weighted by Crippen LogP contribution is -2.30. The summed E-state index contributed by atoms with van der Waals surface area (Å²) in [6.07, 6.45) is 6.25. The van der Waals surface area contributed by atoms with E-state index in [1.807, 2.05) is 29.8 Å². The third-order valence-electron chi connectivity index (χ3n) is 2.98. The average molecular weight is 303 g/mol. The Morgan fingerprint density at radius 2 is 1.95 bits per heavy atom. The number of rotatable bonds is 9. The molecule has 22 heavy (non-hydrogen) atoms. The zero-order valence-corrected chi connectivity index (χ0v) is 12.7. The van der Waals surface area contributed by atoms with E-state index in [4.69, 9.17) is 9.47 Å². The van der Waals surface area contributed by atoms with Crippen LogP contribution in [0, 0.1) is 0 Å². The van der Waals surface area contributed by atoms with Crippen molar-refractivity contribution >= 4 is 5.91 Å². The van der Waals surface area contributed by atoms with Gasteiger partial charge < -0.3 is 19.4 Å². The Hall–Kier alpha value is -2.50. The first kappa shape index (κ1) is 15.9. The van der Waals surface area contributed by atoms with Crippen LogP contribution in [0.3, 0.4) is 0 Å². The fraction of sp³-hybridized carbons (Fsp3) is 0.375. The van der Waals surface area contributed by atoms with Gasteiger partial charge >= 0.3 is 0 Å². The number of ether oxygens (including phenoxy) is 2. The largest absolute Gasteiger partial charge is 0.494 e. The highest BCUT2D eigenvalue weighted by Gasteiger charge is 2.02. The minimum Gasteiger partial charge on any atom is -0.494 e. The summed E-state index contributed by atoms with van der Waals surface area (Å²) >= 11 is 0. The molecule has 0 spiro atoms. The smallest absolute Gasteiger partial charge is 0.257 e. The molecular formula is C16H21N3O3. The summed E-state index contributed by atoms with van der Waals surface area (Å²) in [6, 6.07) is 7.22. The van der Waals surface area contributed by atoms with Gasteiger partial charge in [-0.25, -0.2) is 4.98 Å². The van der Waals surface area contributed by atoms with Gasteiger partial charge in [-0.3, -0.25) is 4.79 Å². The number of carbonyl (C=O) groups is 1. The van der Waals surface area contributed by atoms with Crippen molar-refractivity contribution in [2.75, 3.05) is 19.8 Å². The molecule has 2 aromatic rings. The van der Waals surface area contributed by atoms with Crippen LogP contribution in [0.1, 0.15) is 13.3 Å². The topological polar surface area (TPSA) is 65.4 Å². The molecular weight excluding hydrogens is 282 g/mol. The van der Waals surface area contributed by atoms with Crippen molar-refractivity contribution in [3.63, 3.8) is 0 Å². The van der Waals surface area contributed by atoms with Crippen LogP contribution in [-0.4, -0.2) is 35.2 Å². The molecule has 0 unspecified atom stereocenters. The van der Waals surface area contributed by atoms with Crippen LogP contribution < -0.4 is 14.8 Å². The lowest BCUT2D eigenvalue weighted by molar-refractivity contribution is -0.123. The quantitative estimate of drug-likeness (QED) is 0.718. The predicted molar refractivity (Wildman–Crippen MR) is 83.0 cm³/mol. The molecule has 1 amide bonds. The molecule has 0 saturated carbocycles. The molecule has 2 rings (SSSR count). The van der Waals surface area contributed by atoms with Gasteiger partial charge in [-0.1, -0.05) is 0 Å². The van der Waals surface area contributed by atoms with Crippen molar-refractivity contribution in [1.82, 2.24) is 14.9 Å².